The van der Waals surface area contributed by atoms with Crippen LogP contribution in [-0.4, -0.2) is 65.4 Å². The van der Waals surface area contributed by atoms with Crippen molar-refractivity contribution in [3.05, 3.63) is 47.5 Å². The Kier molecular flexibility index (Phi) is 10.5. The second-order valence-corrected chi connectivity index (χ2v) is 11.3. The van der Waals surface area contributed by atoms with Crippen LogP contribution in [0.25, 0.3) is 0 Å². The number of rotatable bonds is 11. The van der Waals surface area contributed by atoms with Crippen molar-refractivity contribution in [2.24, 2.45) is 11.3 Å². The molecule has 1 aromatic carbocycles. The van der Waals surface area contributed by atoms with E-state index in [1.54, 1.807) is 6.08 Å². The molecule has 192 valence electrons. The lowest BCUT2D eigenvalue weighted by atomic mass is 9.76. The molecule has 4 N–H and O–H groups in total. The quantitative estimate of drug-likeness (QED) is 0.289. The third kappa shape index (κ3) is 7.93. The highest BCUT2D eigenvalue weighted by atomic mass is 16.4. The van der Waals surface area contributed by atoms with Gasteiger partial charge in [-0.15, -0.1) is 0 Å². The molecule has 0 saturated carbocycles. The molecule has 0 aliphatic heterocycles. The van der Waals surface area contributed by atoms with Crippen LogP contribution in [0.3, 0.4) is 0 Å². The van der Waals surface area contributed by atoms with Crippen LogP contribution in [0, 0.1) is 11.3 Å². The number of aliphatic hydroxyl groups excluding tert-OH is 1. The summed E-state index contributed by atoms with van der Waals surface area (Å²) in [5.41, 5.74) is 0.288. The number of nitrogens with one attached hydrogen (secondary N) is 2. The van der Waals surface area contributed by atoms with E-state index >= 15 is 0 Å². The molecule has 1 amide bonds. The second-order valence-electron chi connectivity index (χ2n) is 11.3. The number of nitrogens with zero attached hydrogens (tertiary/aromatic N) is 1. The first-order valence-corrected chi connectivity index (χ1v) is 11.9. The summed E-state index contributed by atoms with van der Waals surface area (Å²) in [6.07, 6.45) is 0.524. The molecule has 1 aromatic rings. The summed E-state index contributed by atoms with van der Waals surface area (Å²) in [6.45, 7) is 15.4. The minimum Gasteiger partial charge on any atom is -0.478 e. The Morgan fingerprint density at radius 3 is 1.97 bits per heavy atom. The highest BCUT2D eigenvalue weighted by Gasteiger charge is 2.42. The molecule has 0 bridgehead atoms. The molecule has 0 aliphatic rings. The lowest BCUT2D eigenvalue weighted by molar-refractivity contribution is -0.132. The predicted molar refractivity (Wildman–Crippen MR) is 137 cm³/mol. The fourth-order valence-electron chi connectivity index (χ4n) is 4.30. The van der Waals surface area contributed by atoms with E-state index in [0.717, 1.165) is 5.56 Å². The molecule has 0 heterocycles. The van der Waals surface area contributed by atoms with Gasteiger partial charge in [0.2, 0.25) is 5.91 Å². The number of carboxylic acid groups (broad SMARTS) is 1. The maximum Gasteiger partial charge on any atom is 0.331 e. The van der Waals surface area contributed by atoms with Gasteiger partial charge >= 0.3 is 5.97 Å². The van der Waals surface area contributed by atoms with E-state index in [9.17, 15) is 19.8 Å². The van der Waals surface area contributed by atoms with E-state index < -0.39 is 35.1 Å². The van der Waals surface area contributed by atoms with Crippen molar-refractivity contribution in [3.63, 3.8) is 0 Å². The molecule has 0 spiro atoms. The van der Waals surface area contributed by atoms with Crippen molar-refractivity contribution in [3.8, 4) is 0 Å². The van der Waals surface area contributed by atoms with E-state index in [2.05, 4.69) is 10.6 Å². The average molecular weight is 476 g/mol. The fraction of sp³-hybridized carbons (Fsp3) is 0.630. The van der Waals surface area contributed by atoms with Gasteiger partial charge in [-0.1, -0.05) is 84.9 Å². The standard InChI is InChI=1S/C27H45N3O4/c1-17(2)20(16-18(3)25(33)34)28-23(31)21(26(4,5)6)29-24(32)22(30(9)10)27(7,8)19-14-12-11-13-15-19/h11-17,20-23,28,31H,1-10H3,(H,29,32)(H,33,34)/b18-16+/t20-,21-,22-,23?/m1/s1. The van der Waals surface area contributed by atoms with Gasteiger partial charge in [0.15, 0.2) is 0 Å². The topological polar surface area (TPSA) is 102 Å². The first kappa shape index (κ1) is 29.8. The summed E-state index contributed by atoms with van der Waals surface area (Å²) in [4.78, 5) is 26.9. The van der Waals surface area contributed by atoms with Crippen molar-refractivity contribution in [1.29, 1.82) is 0 Å². The van der Waals surface area contributed by atoms with Gasteiger partial charge in [-0.05, 0) is 37.9 Å². The second kappa shape index (κ2) is 12.0. The zero-order chi connectivity index (χ0) is 26.4. The Labute approximate surface area is 205 Å². The van der Waals surface area contributed by atoms with E-state index in [1.807, 2.05) is 97.8 Å². The third-order valence-corrected chi connectivity index (χ3v) is 6.36. The molecule has 0 aliphatic carbocycles. The van der Waals surface area contributed by atoms with Crippen LogP contribution in [0.15, 0.2) is 42.0 Å². The normalized spacial score (nSPS) is 16.8. The average Bonchev–Trinajstić information content (AvgIpc) is 2.70. The Balaban J connectivity index is 3.24. The molecular weight excluding hydrogens is 430 g/mol. The minimum atomic E-state index is -1.09. The van der Waals surface area contributed by atoms with Gasteiger partial charge in [0, 0.05) is 17.0 Å². The summed E-state index contributed by atoms with van der Waals surface area (Å²) >= 11 is 0. The Morgan fingerprint density at radius 1 is 1.03 bits per heavy atom. The Bertz CT molecular complexity index is 841. The van der Waals surface area contributed by atoms with Crippen molar-refractivity contribution < 1.29 is 19.8 Å². The number of hydrogen-bond donors (Lipinski definition) is 4. The highest BCUT2D eigenvalue weighted by Crippen LogP contribution is 2.31. The number of aliphatic carboxylic acids is 1. The summed E-state index contributed by atoms with van der Waals surface area (Å²) in [5, 5.41) is 26.7. The van der Waals surface area contributed by atoms with Crippen LogP contribution in [0.5, 0.6) is 0 Å². The maximum absolute atomic E-state index is 13.7. The Hall–Kier alpha value is -2.22. The van der Waals surface area contributed by atoms with E-state index in [-0.39, 0.29) is 23.4 Å². The number of carbonyl (C=O) groups excluding carboxylic acids is 1. The first-order chi connectivity index (χ1) is 15.5. The number of benzene rings is 1. The number of carbonyl (C=O) groups is 2. The number of likely N-dealkylation sites (N-methyl/N-ethyl adjacent to an activating group) is 1. The van der Waals surface area contributed by atoms with Gasteiger partial charge in [0.25, 0.3) is 0 Å². The molecule has 4 atom stereocenters. The fourth-order valence-corrected chi connectivity index (χ4v) is 4.30. The van der Waals surface area contributed by atoms with Gasteiger partial charge < -0.3 is 15.5 Å². The zero-order valence-electron chi connectivity index (χ0n) is 22.5. The SMILES string of the molecule is C/C(=C\[C@@H](NC(O)[C@@H](NC(=O)[C@@H](N(C)C)C(C)(C)c1ccccc1)C(C)(C)C)C(C)C)C(=O)O. The van der Waals surface area contributed by atoms with Crippen LogP contribution in [-0.2, 0) is 15.0 Å². The van der Waals surface area contributed by atoms with Crippen molar-refractivity contribution in [2.45, 2.75) is 85.2 Å². The highest BCUT2D eigenvalue weighted by molar-refractivity contribution is 5.86. The monoisotopic (exact) mass is 475 g/mol. The van der Waals surface area contributed by atoms with Gasteiger partial charge in [0.05, 0.1) is 12.1 Å². The Morgan fingerprint density at radius 2 is 1.56 bits per heavy atom. The summed E-state index contributed by atoms with van der Waals surface area (Å²) in [7, 11) is 3.76. The van der Waals surface area contributed by atoms with Gasteiger partial charge in [-0.2, -0.15) is 0 Å². The summed E-state index contributed by atoms with van der Waals surface area (Å²) in [6, 6.07) is 8.44. The number of carboxylic acids is 1. The summed E-state index contributed by atoms with van der Waals surface area (Å²) in [5.74, 6) is -1.15. The van der Waals surface area contributed by atoms with E-state index in [0.29, 0.717) is 0 Å². The van der Waals surface area contributed by atoms with Crippen LogP contribution in [0.4, 0.5) is 0 Å². The van der Waals surface area contributed by atoms with Crippen LogP contribution in [0.1, 0.15) is 61.0 Å². The molecule has 1 unspecified atom stereocenters. The minimum absolute atomic E-state index is 0.0341. The van der Waals surface area contributed by atoms with Crippen molar-refractivity contribution in [2.75, 3.05) is 14.1 Å². The van der Waals surface area contributed by atoms with Gasteiger partial charge in [-0.3, -0.25) is 15.0 Å². The largest absolute Gasteiger partial charge is 0.478 e. The third-order valence-electron chi connectivity index (χ3n) is 6.36. The molecule has 0 radical (unpaired) electrons. The van der Waals surface area contributed by atoms with Crippen molar-refractivity contribution in [1.82, 2.24) is 15.5 Å². The number of aliphatic hydroxyl groups is 1. The van der Waals surface area contributed by atoms with Gasteiger partial charge in [0.1, 0.15) is 6.23 Å². The molecule has 0 aromatic heterocycles. The molecular formula is C27H45N3O4. The molecule has 1 rings (SSSR count). The molecule has 7 heteroatoms. The molecule has 0 fully saturated rings. The van der Waals surface area contributed by atoms with E-state index in [4.69, 9.17) is 0 Å². The van der Waals surface area contributed by atoms with Gasteiger partial charge in [-0.25, -0.2) is 4.79 Å². The summed E-state index contributed by atoms with van der Waals surface area (Å²) < 4.78 is 0. The lowest BCUT2D eigenvalue weighted by Crippen LogP contribution is -2.63. The van der Waals surface area contributed by atoms with Crippen LogP contribution < -0.4 is 10.6 Å². The number of amides is 1. The molecule has 0 saturated heterocycles. The maximum atomic E-state index is 13.7. The first-order valence-electron chi connectivity index (χ1n) is 11.9. The predicted octanol–water partition coefficient (Wildman–Crippen LogP) is 3.39. The van der Waals surface area contributed by atoms with Crippen LogP contribution in [0.2, 0.25) is 0 Å². The zero-order valence-corrected chi connectivity index (χ0v) is 22.5. The smallest absolute Gasteiger partial charge is 0.331 e. The van der Waals surface area contributed by atoms with Crippen molar-refractivity contribution >= 4 is 11.9 Å². The molecule has 34 heavy (non-hydrogen) atoms. The number of hydrogen-bond acceptors (Lipinski definition) is 5. The lowest BCUT2D eigenvalue weighted by Gasteiger charge is -2.42. The van der Waals surface area contributed by atoms with Crippen LogP contribution >= 0.6 is 0 Å². The molecule has 7 nitrogen and oxygen atoms in total. The van der Waals surface area contributed by atoms with E-state index in [1.165, 1.54) is 6.92 Å².